The van der Waals surface area contributed by atoms with Crippen LogP contribution in [0.15, 0.2) is 0 Å². The molecule has 0 aromatic heterocycles. The first-order chi connectivity index (χ1) is 8.74. The van der Waals surface area contributed by atoms with Gasteiger partial charge in [-0.05, 0) is 57.3 Å². The van der Waals surface area contributed by atoms with E-state index in [1.807, 2.05) is 13.8 Å². The molecule has 0 saturated heterocycles. The van der Waals surface area contributed by atoms with Crippen LogP contribution in [0.4, 0.5) is 0 Å². The van der Waals surface area contributed by atoms with Crippen molar-refractivity contribution in [3.63, 3.8) is 0 Å². The second-order valence-corrected chi connectivity index (χ2v) is 7.19. The van der Waals surface area contributed by atoms with Gasteiger partial charge in [-0.15, -0.1) is 0 Å². The minimum Gasteiger partial charge on any atom is -0.460 e. The lowest BCUT2D eigenvalue weighted by Gasteiger charge is -2.49. The maximum atomic E-state index is 12.2. The van der Waals surface area contributed by atoms with Gasteiger partial charge >= 0.3 is 5.97 Å². The van der Waals surface area contributed by atoms with Crippen LogP contribution in [0.5, 0.6) is 0 Å². The maximum Gasteiger partial charge on any atom is 0.303 e. The summed E-state index contributed by atoms with van der Waals surface area (Å²) < 4.78 is 5.47. The summed E-state index contributed by atoms with van der Waals surface area (Å²) in [7, 11) is 0. The van der Waals surface area contributed by atoms with Gasteiger partial charge < -0.3 is 4.74 Å². The van der Waals surface area contributed by atoms with Crippen LogP contribution in [-0.4, -0.2) is 17.4 Å². The number of ether oxygens (including phenoxy) is 1. The molecular weight excluding hydrogens is 240 g/mol. The van der Waals surface area contributed by atoms with Crippen LogP contribution in [0.2, 0.25) is 0 Å². The number of hydrogen-bond donors (Lipinski definition) is 0. The summed E-state index contributed by atoms with van der Waals surface area (Å²) in [5.74, 6) is 0.678. The molecule has 3 heteroatoms. The number of ketones is 1. The maximum absolute atomic E-state index is 12.2. The highest BCUT2D eigenvalue weighted by Crippen LogP contribution is 2.52. The molecule has 2 aliphatic carbocycles. The van der Waals surface area contributed by atoms with E-state index in [0.29, 0.717) is 11.7 Å². The third-order valence-corrected chi connectivity index (χ3v) is 5.38. The Labute approximate surface area is 116 Å². The Balaban J connectivity index is 2.12. The zero-order valence-corrected chi connectivity index (χ0v) is 12.6. The summed E-state index contributed by atoms with van der Waals surface area (Å²) in [5.41, 5.74) is -0.261. The van der Waals surface area contributed by atoms with E-state index >= 15 is 0 Å². The second-order valence-electron chi connectivity index (χ2n) is 7.19. The number of fused-ring (bicyclic) bond motifs is 1. The SMILES string of the molecule is CC(=O)OC(C)(C)[C@@H]1CC[C@@]2(C)CCCC(=O)[C@@H]2C1. The van der Waals surface area contributed by atoms with Crippen molar-refractivity contribution in [3.05, 3.63) is 0 Å². The summed E-state index contributed by atoms with van der Waals surface area (Å²) >= 11 is 0. The molecule has 0 heterocycles. The van der Waals surface area contributed by atoms with Crippen molar-refractivity contribution in [1.29, 1.82) is 0 Å². The van der Waals surface area contributed by atoms with Gasteiger partial charge in [0.15, 0.2) is 0 Å². The molecular formula is C16H26O3. The Morgan fingerprint density at radius 3 is 2.68 bits per heavy atom. The number of Topliss-reactive ketones (excluding diaryl/α,β-unsaturated/α-hetero) is 1. The Hall–Kier alpha value is -0.860. The molecule has 108 valence electrons. The molecule has 0 N–H and O–H groups in total. The normalized spacial score (nSPS) is 35.7. The monoisotopic (exact) mass is 266 g/mol. The first kappa shape index (κ1) is 14.5. The van der Waals surface area contributed by atoms with Gasteiger partial charge in [-0.1, -0.05) is 6.92 Å². The van der Waals surface area contributed by atoms with Crippen LogP contribution >= 0.6 is 0 Å². The second kappa shape index (κ2) is 4.92. The van der Waals surface area contributed by atoms with Gasteiger partial charge in [-0.3, -0.25) is 9.59 Å². The van der Waals surface area contributed by atoms with E-state index in [0.717, 1.165) is 32.1 Å². The number of carbonyl (C=O) groups excluding carboxylic acids is 2. The smallest absolute Gasteiger partial charge is 0.303 e. The Bertz CT molecular complexity index is 385. The molecule has 19 heavy (non-hydrogen) atoms. The molecule has 0 spiro atoms. The van der Waals surface area contributed by atoms with Gasteiger partial charge in [0, 0.05) is 19.3 Å². The van der Waals surface area contributed by atoms with Crippen molar-refractivity contribution >= 4 is 11.8 Å². The van der Waals surface area contributed by atoms with Gasteiger partial charge in [0.25, 0.3) is 0 Å². The van der Waals surface area contributed by atoms with E-state index < -0.39 is 5.60 Å². The lowest BCUT2D eigenvalue weighted by molar-refractivity contribution is -0.163. The van der Waals surface area contributed by atoms with Gasteiger partial charge in [0.1, 0.15) is 11.4 Å². The Kier molecular flexibility index (Phi) is 3.76. The molecule has 0 radical (unpaired) electrons. The molecule has 2 fully saturated rings. The lowest BCUT2D eigenvalue weighted by atomic mass is 9.56. The van der Waals surface area contributed by atoms with Crippen molar-refractivity contribution in [1.82, 2.24) is 0 Å². The van der Waals surface area contributed by atoms with Gasteiger partial charge in [0.2, 0.25) is 0 Å². The molecule has 0 aliphatic heterocycles. The summed E-state index contributed by atoms with van der Waals surface area (Å²) in [4.78, 5) is 23.4. The van der Waals surface area contributed by atoms with Gasteiger partial charge in [0.05, 0.1) is 0 Å². The summed E-state index contributed by atoms with van der Waals surface area (Å²) in [6, 6.07) is 0. The number of hydrogen-bond acceptors (Lipinski definition) is 3. The van der Waals surface area contributed by atoms with E-state index in [1.165, 1.54) is 13.3 Å². The molecule has 0 aromatic carbocycles. The average Bonchev–Trinajstić information content (AvgIpc) is 2.26. The Morgan fingerprint density at radius 1 is 1.37 bits per heavy atom. The van der Waals surface area contributed by atoms with E-state index in [2.05, 4.69) is 6.92 Å². The van der Waals surface area contributed by atoms with Crippen LogP contribution in [-0.2, 0) is 14.3 Å². The number of rotatable bonds is 2. The van der Waals surface area contributed by atoms with Gasteiger partial charge in [-0.2, -0.15) is 0 Å². The molecule has 2 rings (SSSR count). The lowest BCUT2D eigenvalue weighted by Crippen LogP contribution is -2.47. The van der Waals surface area contributed by atoms with E-state index in [1.54, 1.807) is 0 Å². The third kappa shape index (κ3) is 2.85. The predicted molar refractivity (Wildman–Crippen MR) is 73.6 cm³/mol. The largest absolute Gasteiger partial charge is 0.460 e. The molecule has 2 aliphatic rings. The van der Waals surface area contributed by atoms with E-state index in [4.69, 9.17) is 4.74 Å². The standard InChI is InChI=1S/C16H26O3/c1-11(17)19-15(2,3)12-7-9-16(4)8-5-6-14(18)13(16)10-12/h12-13H,5-10H2,1-4H3/t12-,13+,16-/m1/s1. The minimum absolute atomic E-state index is 0.176. The van der Waals surface area contributed by atoms with E-state index in [-0.39, 0.29) is 17.3 Å². The predicted octanol–water partition coefficient (Wildman–Crippen LogP) is 3.50. The van der Waals surface area contributed by atoms with Crippen LogP contribution in [0.3, 0.4) is 0 Å². The molecule has 3 nitrogen and oxygen atoms in total. The molecule has 0 bridgehead atoms. The van der Waals surface area contributed by atoms with Crippen molar-refractivity contribution in [3.8, 4) is 0 Å². The van der Waals surface area contributed by atoms with Crippen LogP contribution in [0, 0.1) is 17.3 Å². The minimum atomic E-state index is -0.453. The fraction of sp³-hybridized carbons (Fsp3) is 0.875. The zero-order valence-electron chi connectivity index (χ0n) is 12.6. The van der Waals surface area contributed by atoms with Crippen molar-refractivity contribution in [2.45, 2.75) is 71.8 Å². The van der Waals surface area contributed by atoms with Crippen LogP contribution in [0.1, 0.15) is 66.2 Å². The highest BCUT2D eigenvalue weighted by molar-refractivity contribution is 5.82. The molecule has 0 amide bonds. The van der Waals surface area contributed by atoms with Crippen molar-refractivity contribution in [2.24, 2.45) is 17.3 Å². The molecule has 2 saturated carbocycles. The number of esters is 1. The van der Waals surface area contributed by atoms with Crippen LogP contribution in [0.25, 0.3) is 0 Å². The highest BCUT2D eigenvalue weighted by atomic mass is 16.6. The number of carbonyl (C=O) groups is 2. The molecule has 3 atom stereocenters. The molecule has 0 unspecified atom stereocenters. The first-order valence-corrected chi connectivity index (χ1v) is 7.47. The molecule has 0 aromatic rings. The van der Waals surface area contributed by atoms with Crippen LogP contribution < -0.4 is 0 Å². The fourth-order valence-electron chi connectivity index (χ4n) is 4.11. The Morgan fingerprint density at radius 2 is 2.05 bits per heavy atom. The summed E-state index contributed by atoms with van der Waals surface area (Å²) in [5, 5.41) is 0. The van der Waals surface area contributed by atoms with Crippen molar-refractivity contribution < 1.29 is 14.3 Å². The quantitative estimate of drug-likeness (QED) is 0.718. The first-order valence-electron chi connectivity index (χ1n) is 7.47. The average molecular weight is 266 g/mol. The van der Waals surface area contributed by atoms with Gasteiger partial charge in [-0.25, -0.2) is 0 Å². The zero-order chi connectivity index (χ0) is 14.3. The highest BCUT2D eigenvalue weighted by Gasteiger charge is 2.49. The topological polar surface area (TPSA) is 43.4 Å². The summed E-state index contributed by atoms with van der Waals surface area (Å²) in [6.45, 7) is 7.69. The van der Waals surface area contributed by atoms with E-state index in [9.17, 15) is 9.59 Å². The van der Waals surface area contributed by atoms with Crippen molar-refractivity contribution in [2.75, 3.05) is 0 Å². The fourth-order valence-corrected chi connectivity index (χ4v) is 4.11. The third-order valence-electron chi connectivity index (χ3n) is 5.38. The summed E-state index contributed by atoms with van der Waals surface area (Å²) in [6.07, 6.45) is 5.98.